The molecular weight excluding hydrogens is 236 g/mol. The largest absolute Gasteiger partial charge is 0.350 e. The van der Waals surface area contributed by atoms with Crippen LogP contribution in [0.1, 0.15) is 66.7 Å². The second-order valence-corrected chi connectivity index (χ2v) is 8.45. The van der Waals surface area contributed by atoms with Gasteiger partial charge in [0.2, 0.25) is 0 Å². The molecule has 0 aromatic rings. The maximum atomic E-state index is 6.24. The van der Waals surface area contributed by atoms with Gasteiger partial charge in [0.1, 0.15) is 0 Å². The van der Waals surface area contributed by atoms with E-state index in [1.807, 2.05) is 0 Å². The third kappa shape index (κ3) is 2.15. The molecule has 0 amide bonds. The first-order valence-corrected chi connectivity index (χ1v) is 8.06. The number of hydrogen-bond donors (Lipinski definition) is 0. The molecule has 0 spiro atoms. The van der Waals surface area contributed by atoms with Crippen LogP contribution < -0.4 is 0 Å². The van der Waals surface area contributed by atoms with E-state index in [9.17, 15) is 0 Å². The van der Waals surface area contributed by atoms with E-state index in [1.54, 1.807) is 0 Å². The zero-order chi connectivity index (χ0) is 13.9. The Bertz CT molecular complexity index is 360. The second-order valence-electron chi connectivity index (χ2n) is 8.45. The molecule has 1 aliphatic heterocycles. The number of ether oxygens (including phenoxy) is 2. The van der Waals surface area contributed by atoms with Crippen LogP contribution in [-0.2, 0) is 9.47 Å². The molecule has 0 radical (unpaired) electrons. The van der Waals surface area contributed by atoms with Crippen molar-refractivity contribution in [2.75, 3.05) is 6.61 Å². The first-order valence-electron chi connectivity index (χ1n) is 8.06. The molecule has 110 valence electrons. The molecule has 1 heterocycles. The van der Waals surface area contributed by atoms with Crippen LogP contribution in [0.4, 0.5) is 0 Å². The highest BCUT2D eigenvalue weighted by atomic mass is 16.7. The third-order valence-electron chi connectivity index (χ3n) is 6.36. The fourth-order valence-corrected chi connectivity index (χ4v) is 5.41. The van der Waals surface area contributed by atoms with Crippen LogP contribution >= 0.6 is 0 Å². The summed E-state index contributed by atoms with van der Waals surface area (Å²) in [5, 5.41) is 0. The summed E-state index contributed by atoms with van der Waals surface area (Å²) in [6, 6.07) is 0. The maximum Gasteiger partial charge on any atom is 0.163 e. The van der Waals surface area contributed by atoms with Gasteiger partial charge in [-0.05, 0) is 56.3 Å². The molecule has 2 heteroatoms. The van der Waals surface area contributed by atoms with Gasteiger partial charge in [-0.25, -0.2) is 0 Å². The van der Waals surface area contributed by atoms with Crippen LogP contribution in [0.25, 0.3) is 0 Å². The number of rotatable bonds is 0. The lowest BCUT2D eigenvalue weighted by atomic mass is 9.48. The van der Waals surface area contributed by atoms with Crippen LogP contribution in [0.15, 0.2) is 0 Å². The van der Waals surface area contributed by atoms with Crippen molar-refractivity contribution in [3.05, 3.63) is 0 Å². The van der Waals surface area contributed by atoms with E-state index in [-0.39, 0.29) is 5.79 Å². The smallest absolute Gasteiger partial charge is 0.163 e. The fraction of sp³-hybridized carbons (Fsp3) is 1.00. The highest BCUT2D eigenvalue weighted by Crippen LogP contribution is 2.61. The van der Waals surface area contributed by atoms with Gasteiger partial charge >= 0.3 is 0 Å². The lowest BCUT2D eigenvalue weighted by molar-refractivity contribution is -0.325. The summed E-state index contributed by atoms with van der Waals surface area (Å²) in [5.41, 5.74) is 0.909. The van der Waals surface area contributed by atoms with Crippen molar-refractivity contribution in [1.82, 2.24) is 0 Å². The fourth-order valence-electron chi connectivity index (χ4n) is 5.41. The summed E-state index contributed by atoms with van der Waals surface area (Å²) in [6.45, 7) is 12.5. The van der Waals surface area contributed by atoms with Crippen molar-refractivity contribution >= 4 is 0 Å². The number of fused-ring (bicyclic) bond motifs is 3. The van der Waals surface area contributed by atoms with Gasteiger partial charge in [0.25, 0.3) is 0 Å². The molecule has 0 unspecified atom stereocenters. The Hall–Kier alpha value is -0.0800. The van der Waals surface area contributed by atoms with Crippen LogP contribution in [-0.4, -0.2) is 18.5 Å². The molecule has 4 atom stereocenters. The minimum Gasteiger partial charge on any atom is -0.350 e. The average molecular weight is 266 g/mol. The molecule has 1 saturated heterocycles. The Morgan fingerprint density at radius 1 is 0.947 bits per heavy atom. The van der Waals surface area contributed by atoms with Crippen molar-refractivity contribution in [3.8, 4) is 0 Å². The molecular formula is C17H30O2. The van der Waals surface area contributed by atoms with Crippen molar-refractivity contribution in [2.24, 2.45) is 22.7 Å². The summed E-state index contributed by atoms with van der Waals surface area (Å²) in [6.07, 6.45) is 7.08. The van der Waals surface area contributed by atoms with E-state index in [1.165, 1.54) is 32.1 Å². The molecule has 2 aliphatic carbocycles. The predicted octanol–water partition coefficient (Wildman–Crippen LogP) is 4.38. The first-order chi connectivity index (χ1) is 8.75. The Kier molecular flexibility index (Phi) is 3.07. The van der Waals surface area contributed by atoms with Crippen LogP contribution in [0.2, 0.25) is 0 Å². The van der Waals surface area contributed by atoms with Crippen LogP contribution in [0, 0.1) is 22.7 Å². The standard InChI is InChI=1S/C17H30O2/c1-15(2)9-6-10-17(5)12-11-18-16(3,4)19-13(12)7-8-14(15)17/h12-14H,6-11H2,1-5H3/t12-,13-,14+,17+/m1/s1. The van der Waals surface area contributed by atoms with Crippen molar-refractivity contribution in [1.29, 1.82) is 0 Å². The molecule has 0 N–H and O–H groups in total. The van der Waals surface area contributed by atoms with Crippen LogP contribution in [0.5, 0.6) is 0 Å². The molecule has 3 rings (SSSR count). The summed E-state index contributed by atoms with van der Waals surface area (Å²) < 4.78 is 12.2. The summed E-state index contributed by atoms with van der Waals surface area (Å²) in [7, 11) is 0. The van der Waals surface area contributed by atoms with Gasteiger partial charge < -0.3 is 9.47 Å². The molecule has 3 aliphatic rings. The predicted molar refractivity (Wildman–Crippen MR) is 76.9 cm³/mol. The van der Waals surface area contributed by atoms with E-state index in [0.717, 1.165) is 12.5 Å². The average Bonchev–Trinajstić information content (AvgIpc) is 2.25. The van der Waals surface area contributed by atoms with E-state index < -0.39 is 0 Å². The van der Waals surface area contributed by atoms with Gasteiger partial charge in [-0.3, -0.25) is 0 Å². The maximum absolute atomic E-state index is 6.24. The normalized spacial score (nSPS) is 48.2. The molecule has 19 heavy (non-hydrogen) atoms. The summed E-state index contributed by atoms with van der Waals surface area (Å²) in [5.74, 6) is 1.05. The molecule has 0 bridgehead atoms. The Balaban J connectivity index is 1.87. The van der Waals surface area contributed by atoms with E-state index in [4.69, 9.17) is 9.47 Å². The molecule has 2 nitrogen and oxygen atoms in total. The van der Waals surface area contributed by atoms with Gasteiger partial charge in [0.15, 0.2) is 5.79 Å². The topological polar surface area (TPSA) is 18.5 Å². The number of hydrogen-bond acceptors (Lipinski definition) is 2. The lowest BCUT2D eigenvalue weighted by Crippen LogP contribution is -2.59. The highest BCUT2D eigenvalue weighted by Gasteiger charge is 2.57. The van der Waals surface area contributed by atoms with E-state index in [2.05, 4.69) is 34.6 Å². The van der Waals surface area contributed by atoms with E-state index in [0.29, 0.717) is 22.9 Å². The van der Waals surface area contributed by atoms with Crippen molar-refractivity contribution in [3.63, 3.8) is 0 Å². The minimum atomic E-state index is -0.380. The lowest BCUT2D eigenvalue weighted by Gasteiger charge is -2.61. The van der Waals surface area contributed by atoms with Gasteiger partial charge in [-0.2, -0.15) is 0 Å². The SMILES string of the molecule is CC1(C)OC[C@@H]2[C@@H](CC[C@H]3C(C)(C)CCC[C@@]23C)O1. The van der Waals surface area contributed by atoms with Crippen LogP contribution in [0.3, 0.4) is 0 Å². The molecule has 2 saturated carbocycles. The highest BCUT2D eigenvalue weighted by molar-refractivity contribution is 5.05. The second kappa shape index (κ2) is 4.21. The van der Waals surface area contributed by atoms with Gasteiger partial charge in [-0.15, -0.1) is 0 Å². The Morgan fingerprint density at radius 2 is 1.68 bits per heavy atom. The van der Waals surface area contributed by atoms with E-state index >= 15 is 0 Å². The van der Waals surface area contributed by atoms with Crippen molar-refractivity contribution in [2.45, 2.75) is 78.6 Å². The molecule has 3 fully saturated rings. The Labute approximate surface area is 118 Å². The summed E-state index contributed by atoms with van der Waals surface area (Å²) in [4.78, 5) is 0. The first kappa shape index (κ1) is 13.9. The molecule has 0 aromatic heterocycles. The minimum absolute atomic E-state index is 0.380. The van der Waals surface area contributed by atoms with Crippen molar-refractivity contribution < 1.29 is 9.47 Å². The van der Waals surface area contributed by atoms with Gasteiger partial charge in [0.05, 0.1) is 12.7 Å². The monoisotopic (exact) mass is 266 g/mol. The third-order valence-corrected chi connectivity index (χ3v) is 6.36. The zero-order valence-corrected chi connectivity index (χ0v) is 13.3. The summed E-state index contributed by atoms with van der Waals surface area (Å²) >= 11 is 0. The van der Waals surface area contributed by atoms with Gasteiger partial charge in [0, 0.05) is 5.92 Å². The molecule has 0 aromatic carbocycles. The quantitative estimate of drug-likeness (QED) is 0.648. The van der Waals surface area contributed by atoms with Gasteiger partial charge in [-0.1, -0.05) is 27.2 Å². The zero-order valence-electron chi connectivity index (χ0n) is 13.3. The Morgan fingerprint density at radius 3 is 2.42 bits per heavy atom.